The van der Waals surface area contributed by atoms with E-state index >= 15 is 0 Å². The monoisotopic (exact) mass is 384 g/mol. The summed E-state index contributed by atoms with van der Waals surface area (Å²) in [6.07, 6.45) is 0. The van der Waals surface area contributed by atoms with Crippen molar-refractivity contribution >= 4 is 0 Å². The molecule has 4 heteroatoms. The molecule has 29 heavy (non-hydrogen) atoms. The Balaban J connectivity index is 1.87. The van der Waals surface area contributed by atoms with Gasteiger partial charge >= 0.3 is 0 Å². The SMILES string of the molecule is COc1cccc(-c2nn(Cc3ccccc3)c(-c3cccc(OC)c3)c2C)c1. The first-order valence-corrected chi connectivity index (χ1v) is 9.60. The molecule has 146 valence electrons. The molecule has 3 aromatic carbocycles. The Bertz CT molecular complexity index is 1120. The number of ether oxygens (including phenoxy) is 2. The number of nitrogens with zero attached hydrogens (tertiary/aromatic N) is 2. The summed E-state index contributed by atoms with van der Waals surface area (Å²) in [7, 11) is 3.37. The summed E-state index contributed by atoms with van der Waals surface area (Å²) in [6, 6.07) is 26.6. The van der Waals surface area contributed by atoms with Crippen molar-refractivity contribution < 1.29 is 9.47 Å². The minimum Gasteiger partial charge on any atom is -0.497 e. The number of hydrogen-bond donors (Lipinski definition) is 0. The van der Waals surface area contributed by atoms with Crippen molar-refractivity contribution in [1.82, 2.24) is 9.78 Å². The van der Waals surface area contributed by atoms with Gasteiger partial charge in [0, 0.05) is 16.7 Å². The van der Waals surface area contributed by atoms with E-state index in [9.17, 15) is 0 Å². The molecule has 0 saturated heterocycles. The molecule has 0 atom stereocenters. The van der Waals surface area contributed by atoms with E-state index in [4.69, 9.17) is 14.6 Å². The Morgan fingerprint density at radius 1 is 0.759 bits per heavy atom. The van der Waals surface area contributed by atoms with Crippen molar-refractivity contribution in [3.8, 4) is 34.0 Å². The van der Waals surface area contributed by atoms with Crippen LogP contribution in [0.15, 0.2) is 78.9 Å². The topological polar surface area (TPSA) is 36.3 Å². The standard InChI is InChI=1S/C25H24N2O2/c1-18-24(20-11-7-13-22(15-20)28-2)26-27(17-19-9-5-4-6-10-19)25(18)21-12-8-14-23(16-21)29-3/h4-16H,17H2,1-3H3. The third-order valence-corrected chi connectivity index (χ3v) is 5.05. The van der Waals surface area contributed by atoms with E-state index in [-0.39, 0.29) is 0 Å². The zero-order chi connectivity index (χ0) is 20.2. The second-order valence-corrected chi connectivity index (χ2v) is 6.93. The lowest BCUT2D eigenvalue weighted by atomic mass is 10.0. The number of rotatable bonds is 6. The fraction of sp³-hybridized carbons (Fsp3) is 0.160. The van der Waals surface area contributed by atoms with Crippen LogP contribution in [-0.2, 0) is 6.54 Å². The first kappa shape index (κ1) is 18.8. The molecule has 1 heterocycles. The minimum absolute atomic E-state index is 0.693. The molecule has 4 nitrogen and oxygen atoms in total. The highest BCUT2D eigenvalue weighted by Gasteiger charge is 2.18. The van der Waals surface area contributed by atoms with Crippen LogP contribution in [0.4, 0.5) is 0 Å². The molecule has 0 radical (unpaired) electrons. The highest BCUT2D eigenvalue weighted by molar-refractivity contribution is 5.75. The predicted octanol–water partition coefficient (Wildman–Crippen LogP) is 5.59. The van der Waals surface area contributed by atoms with Gasteiger partial charge in [-0.1, -0.05) is 54.6 Å². The third kappa shape index (κ3) is 3.87. The Kier molecular flexibility index (Phi) is 5.34. The summed E-state index contributed by atoms with van der Waals surface area (Å²) < 4.78 is 12.9. The molecule has 4 aromatic rings. The summed E-state index contributed by atoms with van der Waals surface area (Å²) in [4.78, 5) is 0. The average molecular weight is 384 g/mol. The molecule has 0 saturated carbocycles. The van der Waals surface area contributed by atoms with Crippen molar-refractivity contribution in [3.63, 3.8) is 0 Å². The van der Waals surface area contributed by atoms with Crippen LogP contribution >= 0.6 is 0 Å². The van der Waals surface area contributed by atoms with Gasteiger partial charge in [0.25, 0.3) is 0 Å². The van der Waals surface area contributed by atoms with Crippen LogP contribution in [0.5, 0.6) is 11.5 Å². The summed E-state index contributed by atoms with van der Waals surface area (Å²) in [6.45, 7) is 2.82. The average Bonchev–Trinajstić information content (AvgIpc) is 3.10. The molecule has 1 aromatic heterocycles. The highest BCUT2D eigenvalue weighted by atomic mass is 16.5. The van der Waals surface area contributed by atoms with Gasteiger partial charge in [-0.3, -0.25) is 4.68 Å². The van der Waals surface area contributed by atoms with Crippen molar-refractivity contribution in [1.29, 1.82) is 0 Å². The molecule has 0 bridgehead atoms. The maximum atomic E-state index is 5.45. The zero-order valence-electron chi connectivity index (χ0n) is 16.9. The number of benzene rings is 3. The molecule has 0 amide bonds. The summed E-state index contributed by atoms with van der Waals surface area (Å²) in [5.74, 6) is 1.65. The second kappa shape index (κ2) is 8.23. The lowest BCUT2D eigenvalue weighted by Gasteiger charge is -2.10. The first-order chi connectivity index (χ1) is 14.2. The van der Waals surface area contributed by atoms with Crippen molar-refractivity contribution in [2.24, 2.45) is 0 Å². The summed E-state index contributed by atoms with van der Waals surface area (Å²) >= 11 is 0. The Hall–Kier alpha value is -3.53. The van der Waals surface area contributed by atoms with E-state index in [1.54, 1.807) is 14.2 Å². The maximum Gasteiger partial charge on any atom is 0.119 e. The lowest BCUT2D eigenvalue weighted by Crippen LogP contribution is -2.04. The Morgan fingerprint density at radius 2 is 1.38 bits per heavy atom. The van der Waals surface area contributed by atoms with Crippen LogP contribution in [0.2, 0.25) is 0 Å². The van der Waals surface area contributed by atoms with Gasteiger partial charge in [0.1, 0.15) is 11.5 Å². The van der Waals surface area contributed by atoms with Gasteiger partial charge in [-0.15, -0.1) is 0 Å². The maximum absolute atomic E-state index is 5.45. The van der Waals surface area contributed by atoms with E-state index in [1.807, 2.05) is 36.4 Å². The Labute approximate surface area is 171 Å². The molecule has 0 aliphatic heterocycles. The molecule has 0 fully saturated rings. The number of hydrogen-bond acceptors (Lipinski definition) is 3. The molecular weight excluding hydrogens is 360 g/mol. The van der Waals surface area contributed by atoms with Crippen LogP contribution in [-0.4, -0.2) is 24.0 Å². The minimum atomic E-state index is 0.693. The smallest absolute Gasteiger partial charge is 0.119 e. The molecule has 0 N–H and O–H groups in total. The van der Waals surface area contributed by atoms with Crippen LogP contribution in [0.3, 0.4) is 0 Å². The third-order valence-electron chi connectivity index (χ3n) is 5.05. The van der Waals surface area contributed by atoms with E-state index in [0.717, 1.165) is 39.6 Å². The quantitative estimate of drug-likeness (QED) is 0.435. The molecule has 0 unspecified atom stereocenters. The van der Waals surface area contributed by atoms with Crippen LogP contribution in [0.1, 0.15) is 11.1 Å². The molecular formula is C25H24N2O2. The van der Waals surface area contributed by atoms with Gasteiger partial charge in [-0.2, -0.15) is 5.10 Å². The zero-order valence-corrected chi connectivity index (χ0v) is 16.9. The van der Waals surface area contributed by atoms with Crippen LogP contribution in [0.25, 0.3) is 22.5 Å². The first-order valence-electron chi connectivity index (χ1n) is 9.60. The van der Waals surface area contributed by atoms with Gasteiger partial charge in [0.15, 0.2) is 0 Å². The molecule has 4 rings (SSSR count). The summed E-state index contributed by atoms with van der Waals surface area (Å²) in [5.41, 5.74) is 6.50. The Morgan fingerprint density at radius 3 is 2.03 bits per heavy atom. The van der Waals surface area contributed by atoms with Crippen molar-refractivity contribution in [3.05, 3.63) is 90.0 Å². The predicted molar refractivity (Wildman–Crippen MR) is 116 cm³/mol. The van der Waals surface area contributed by atoms with E-state index in [0.29, 0.717) is 6.54 Å². The van der Waals surface area contributed by atoms with E-state index < -0.39 is 0 Å². The largest absolute Gasteiger partial charge is 0.497 e. The van der Waals surface area contributed by atoms with Gasteiger partial charge in [-0.25, -0.2) is 0 Å². The fourth-order valence-corrected chi connectivity index (χ4v) is 3.60. The van der Waals surface area contributed by atoms with Crippen molar-refractivity contribution in [2.45, 2.75) is 13.5 Å². The molecule has 0 spiro atoms. The lowest BCUT2D eigenvalue weighted by molar-refractivity contribution is 0.415. The van der Waals surface area contributed by atoms with Gasteiger partial charge < -0.3 is 9.47 Å². The van der Waals surface area contributed by atoms with Gasteiger partial charge in [-0.05, 0) is 36.8 Å². The fourth-order valence-electron chi connectivity index (χ4n) is 3.60. The highest BCUT2D eigenvalue weighted by Crippen LogP contribution is 2.34. The van der Waals surface area contributed by atoms with Crippen LogP contribution < -0.4 is 9.47 Å². The normalized spacial score (nSPS) is 10.7. The van der Waals surface area contributed by atoms with Gasteiger partial charge in [0.2, 0.25) is 0 Å². The van der Waals surface area contributed by atoms with Crippen molar-refractivity contribution in [2.75, 3.05) is 14.2 Å². The second-order valence-electron chi connectivity index (χ2n) is 6.93. The summed E-state index contributed by atoms with van der Waals surface area (Å²) in [5, 5.41) is 5.00. The van der Waals surface area contributed by atoms with E-state index in [2.05, 4.69) is 54.1 Å². The van der Waals surface area contributed by atoms with E-state index in [1.165, 1.54) is 5.56 Å². The molecule has 0 aliphatic carbocycles. The van der Waals surface area contributed by atoms with Crippen LogP contribution in [0, 0.1) is 6.92 Å². The number of methoxy groups -OCH3 is 2. The number of aromatic nitrogens is 2. The molecule has 0 aliphatic rings. The van der Waals surface area contributed by atoms with Gasteiger partial charge in [0.05, 0.1) is 32.2 Å².